The SMILES string of the molecule is O=C(NC(C(=O)N1CCN(C(=O)c2cccc(Cl)c2)CC1)S(=O)(=O)c1ccccc1)c1ccco1. The first-order valence-electron chi connectivity index (χ1n) is 10.7. The molecule has 1 atom stereocenters. The van der Waals surface area contributed by atoms with Crippen LogP contribution in [0.4, 0.5) is 0 Å². The third-order valence-corrected chi connectivity index (χ3v) is 7.67. The molecule has 182 valence electrons. The number of benzene rings is 2. The van der Waals surface area contributed by atoms with Gasteiger partial charge in [-0.2, -0.15) is 0 Å². The van der Waals surface area contributed by atoms with Crippen molar-refractivity contribution in [1.29, 1.82) is 0 Å². The van der Waals surface area contributed by atoms with Crippen molar-refractivity contribution >= 4 is 39.2 Å². The molecule has 1 aromatic heterocycles. The molecule has 2 aromatic carbocycles. The fraction of sp³-hybridized carbons (Fsp3) is 0.208. The number of nitrogens with zero attached hydrogens (tertiary/aromatic N) is 2. The second-order valence-electron chi connectivity index (χ2n) is 7.82. The van der Waals surface area contributed by atoms with Gasteiger partial charge in [0, 0.05) is 36.8 Å². The van der Waals surface area contributed by atoms with Crippen molar-refractivity contribution in [2.75, 3.05) is 26.2 Å². The normalized spacial score (nSPS) is 14.9. The summed E-state index contributed by atoms with van der Waals surface area (Å²) < 4.78 is 31.7. The molecule has 1 aliphatic heterocycles. The number of carbonyl (C=O) groups is 3. The molecule has 9 nitrogen and oxygen atoms in total. The highest BCUT2D eigenvalue weighted by Crippen LogP contribution is 2.19. The first-order chi connectivity index (χ1) is 16.8. The number of furan rings is 1. The monoisotopic (exact) mass is 515 g/mol. The Morgan fingerprint density at radius 2 is 1.57 bits per heavy atom. The Balaban J connectivity index is 1.52. The van der Waals surface area contributed by atoms with Crippen molar-refractivity contribution < 1.29 is 27.2 Å². The first kappa shape index (κ1) is 24.5. The smallest absolute Gasteiger partial charge is 0.288 e. The van der Waals surface area contributed by atoms with Crippen molar-refractivity contribution in [2.24, 2.45) is 0 Å². The third kappa shape index (κ3) is 5.39. The van der Waals surface area contributed by atoms with E-state index in [0.29, 0.717) is 10.6 Å². The van der Waals surface area contributed by atoms with Crippen molar-refractivity contribution in [3.63, 3.8) is 0 Å². The molecule has 1 N–H and O–H groups in total. The number of carbonyl (C=O) groups excluding carboxylic acids is 3. The van der Waals surface area contributed by atoms with Gasteiger partial charge < -0.3 is 19.5 Å². The molecule has 0 radical (unpaired) electrons. The summed E-state index contributed by atoms with van der Waals surface area (Å²) in [6.07, 6.45) is 1.27. The minimum Gasteiger partial charge on any atom is -0.459 e. The van der Waals surface area contributed by atoms with E-state index >= 15 is 0 Å². The number of halogens is 1. The summed E-state index contributed by atoms with van der Waals surface area (Å²) in [7, 11) is -4.27. The van der Waals surface area contributed by atoms with Crippen molar-refractivity contribution in [2.45, 2.75) is 10.3 Å². The average Bonchev–Trinajstić information content (AvgIpc) is 3.42. The molecule has 0 spiro atoms. The minimum atomic E-state index is -4.27. The number of amides is 3. The lowest BCUT2D eigenvalue weighted by atomic mass is 10.2. The van der Waals surface area contributed by atoms with E-state index in [1.807, 2.05) is 0 Å². The van der Waals surface area contributed by atoms with Crippen LogP contribution < -0.4 is 5.32 Å². The molecule has 3 aromatic rings. The van der Waals surface area contributed by atoms with Crippen LogP contribution in [0.25, 0.3) is 0 Å². The number of piperazine rings is 1. The lowest BCUT2D eigenvalue weighted by Gasteiger charge is -2.36. The first-order valence-corrected chi connectivity index (χ1v) is 12.7. The molecule has 1 unspecified atom stereocenters. The van der Waals surface area contributed by atoms with Crippen LogP contribution in [0.3, 0.4) is 0 Å². The maximum absolute atomic E-state index is 13.4. The van der Waals surface area contributed by atoms with Gasteiger partial charge in [0.2, 0.25) is 15.2 Å². The zero-order valence-electron chi connectivity index (χ0n) is 18.5. The van der Waals surface area contributed by atoms with Gasteiger partial charge >= 0.3 is 0 Å². The summed E-state index contributed by atoms with van der Waals surface area (Å²) in [5, 5.41) is 0.887. The third-order valence-electron chi connectivity index (χ3n) is 5.56. The van der Waals surface area contributed by atoms with E-state index < -0.39 is 27.0 Å². The second kappa shape index (κ2) is 10.3. The van der Waals surface area contributed by atoms with Crippen LogP contribution in [0.2, 0.25) is 5.02 Å². The van der Waals surface area contributed by atoms with Crippen molar-refractivity contribution in [3.05, 3.63) is 89.3 Å². The molecule has 1 aliphatic rings. The highest BCUT2D eigenvalue weighted by Gasteiger charge is 2.40. The van der Waals surface area contributed by atoms with Gasteiger partial charge in [0.15, 0.2) is 5.76 Å². The van der Waals surface area contributed by atoms with E-state index in [-0.39, 0.29) is 42.7 Å². The molecule has 0 aliphatic carbocycles. The lowest BCUT2D eigenvalue weighted by Crippen LogP contribution is -2.57. The molecular weight excluding hydrogens is 494 g/mol. The summed E-state index contributed by atoms with van der Waals surface area (Å²) in [5.74, 6) is -1.98. The fourth-order valence-electron chi connectivity index (χ4n) is 3.72. The van der Waals surface area contributed by atoms with E-state index in [1.54, 1.807) is 35.2 Å². The lowest BCUT2D eigenvalue weighted by molar-refractivity contribution is -0.132. The fourth-order valence-corrected chi connectivity index (χ4v) is 5.39. The van der Waals surface area contributed by atoms with Gasteiger partial charge in [0.25, 0.3) is 17.7 Å². The van der Waals surface area contributed by atoms with Crippen LogP contribution >= 0.6 is 11.6 Å². The molecule has 11 heteroatoms. The van der Waals surface area contributed by atoms with Gasteiger partial charge in [-0.25, -0.2) is 8.42 Å². The summed E-state index contributed by atoms with van der Waals surface area (Å²) in [6.45, 7) is 0.591. The molecule has 4 rings (SSSR count). The summed E-state index contributed by atoms with van der Waals surface area (Å²) >= 11 is 5.98. The van der Waals surface area contributed by atoms with Crippen LogP contribution in [0.5, 0.6) is 0 Å². The quantitative estimate of drug-likeness (QED) is 0.539. The Bertz CT molecular complexity index is 1320. The second-order valence-corrected chi connectivity index (χ2v) is 10.3. The number of sulfone groups is 1. The highest BCUT2D eigenvalue weighted by molar-refractivity contribution is 7.92. The predicted molar refractivity (Wildman–Crippen MR) is 128 cm³/mol. The topological polar surface area (TPSA) is 117 Å². The van der Waals surface area contributed by atoms with E-state index in [9.17, 15) is 22.8 Å². The maximum Gasteiger partial charge on any atom is 0.288 e. The van der Waals surface area contributed by atoms with E-state index in [2.05, 4.69) is 5.32 Å². The largest absolute Gasteiger partial charge is 0.459 e. The average molecular weight is 516 g/mol. The molecular formula is C24H22ClN3O6S. The van der Waals surface area contributed by atoms with E-state index in [4.69, 9.17) is 16.0 Å². The molecule has 0 saturated carbocycles. The number of nitrogens with one attached hydrogen (secondary N) is 1. The Morgan fingerprint density at radius 3 is 2.20 bits per heavy atom. The molecule has 1 fully saturated rings. The minimum absolute atomic E-state index is 0.0998. The van der Waals surface area contributed by atoms with Crippen LogP contribution in [0, 0.1) is 0 Å². The van der Waals surface area contributed by atoms with E-state index in [0.717, 1.165) is 0 Å². The van der Waals surface area contributed by atoms with Crippen molar-refractivity contribution in [1.82, 2.24) is 15.1 Å². The number of hydrogen-bond donors (Lipinski definition) is 1. The summed E-state index contributed by atoms with van der Waals surface area (Å²) in [6, 6.07) is 16.8. The van der Waals surface area contributed by atoms with Gasteiger partial charge in [-0.15, -0.1) is 0 Å². The number of hydrogen-bond acceptors (Lipinski definition) is 6. The zero-order valence-corrected chi connectivity index (χ0v) is 20.0. The maximum atomic E-state index is 13.4. The summed E-state index contributed by atoms with van der Waals surface area (Å²) in [4.78, 5) is 41.6. The molecule has 1 saturated heterocycles. The molecule has 3 amide bonds. The van der Waals surface area contributed by atoms with Gasteiger partial charge in [0.05, 0.1) is 11.2 Å². The van der Waals surface area contributed by atoms with Gasteiger partial charge in [-0.3, -0.25) is 14.4 Å². The standard InChI is InChI=1S/C24H22ClN3O6S/c25-18-7-4-6-17(16-18)23(30)27-11-13-28(14-12-27)24(31)22(26-21(29)20-10-5-15-34-20)35(32,33)19-8-2-1-3-9-19/h1-10,15-16,22H,11-14H2,(H,26,29). The highest BCUT2D eigenvalue weighted by atomic mass is 35.5. The van der Waals surface area contributed by atoms with Crippen LogP contribution in [0.15, 0.2) is 82.3 Å². The Hall–Kier alpha value is -3.63. The van der Waals surface area contributed by atoms with Gasteiger partial charge in [-0.05, 0) is 42.5 Å². The number of rotatable bonds is 6. The van der Waals surface area contributed by atoms with Gasteiger partial charge in [-0.1, -0.05) is 35.9 Å². The predicted octanol–water partition coefficient (Wildman–Crippen LogP) is 2.45. The Labute approximate surface area is 207 Å². The molecule has 35 heavy (non-hydrogen) atoms. The van der Waals surface area contributed by atoms with Crippen LogP contribution in [0.1, 0.15) is 20.9 Å². The Kier molecular flexibility index (Phi) is 7.23. The zero-order chi connectivity index (χ0) is 25.0. The molecule has 0 bridgehead atoms. The van der Waals surface area contributed by atoms with Crippen LogP contribution in [-0.4, -0.2) is 67.5 Å². The van der Waals surface area contributed by atoms with Crippen molar-refractivity contribution in [3.8, 4) is 0 Å². The summed E-state index contributed by atoms with van der Waals surface area (Å²) in [5.41, 5.74) is 0.424. The Morgan fingerprint density at radius 1 is 0.886 bits per heavy atom. The van der Waals surface area contributed by atoms with Gasteiger partial charge in [0.1, 0.15) is 0 Å². The van der Waals surface area contributed by atoms with E-state index in [1.165, 1.54) is 47.6 Å². The van der Waals surface area contributed by atoms with Crippen LogP contribution in [-0.2, 0) is 14.6 Å². The molecule has 2 heterocycles.